The maximum Gasteiger partial charge on any atom is 0.407 e. The molecule has 7 nitrogen and oxygen atoms in total. The van der Waals surface area contributed by atoms with E-state index in [1.165, 1.54) is 13.2 Å². The standard InChI is InChI=1S/C13H19N3O4/c1-10(15-13(19)20-2)12(18)14-7-5-9-16-8-4-3-6-11(16)17/h3-4,6,8,10H,5,7,9H2,1-2H3,(H,14,18)(H,15,19)/t10-/m1/s1. The van der Waals surface area contributed by atoms with Crippen molar-refractivity contribution in [2.45, 2.75) is 25.9 Å². The van der Waals surface area contributed by atoms with Crippen LogP contribution >= 0.6 is 0 Å². The van der Waals surface area contributed by atoms with Gasteiger partial charge >= 0.3 is 6.09 Å². The molecule has 1 aromatic heterocycles. The first kappa shape index (κ1) is 15.7. The quantitative estimate of drug-likeness (QED) is 0.724. The van der Waals surface area contributed by atoms with E-state index in [4.69, 9.17) is 0 Å². The zero-order valence-electron chi connectivity index (χ0n) is 11.6. The number of carbonyl (C=O) groups is 2. The molecule has 0 bridgehead atoms. The minimum Gasteiger partial charge on any atom is -0.453 e. The summed E-state index contributed by atoms with van der Waals surface area (Å²) in [7, 11) is 1.23. The summed E-state index contributed by atoms with van der Waals surface area (Å²) in [6.07, 6.45) is 1.68. The molecule has 0 unspecified atom stereocenters. The SMILES string of the molecule is COC(=O)N[C@H](C)C(=O)NCCCn1ccccc1=O. The number of rotatable bonds is 6. The highest BCUT2D eigenvalue weighted by molar-refractivity contribution is 5.85. The van der Waals surface area contributed by atoms with Crippen molar-refractivity contribution in [1.29, 1.82) is 0 Å². The van der Waals surface area contributed by atoms with Crippen molar-refractivity contribution in [3.05, 3.63) is 34.7 Å². The van der Waals surface area contributed by atoms with E-state index >= 15 is 0 Å². The minimum atomic E-state index is -0.665. The summed E-state index contributed by atoms with van der Waals surface area (Å²) in [4.78, 5) is 34.0. The predicted molar refractivity (Wildman–Crippen MR) is 73.3 cm³/mol. The summed E-state index contributed by atoms with van der Waals surface area (Å²) >= 11 is 0. The number of methoxy groups -OCH3 is 1. The molecule has 20 heavy (non-hydrogen) atoms. The van der Waals surface area contributed by atoms with Crippen LogP contribution in [0.25, 0.3) is 0 Å². The van der Waals surface area contributed by atoms with Gasteiger partial charge in [0.05, 0.1) is 7.11 Å². The molecule has 0 aliphatic rings. The van der Waals surface area contributed by atoms with Crippen molar-refractivity contribution in [2.24, 2.45) is 0 Å². The van der Waals surface area contributed by atoms with Crippen molar-refractivity contribution in [3.8, 4) is 0 Å². The van der Waals surface area contributed by atoms with E-state index in [1.54, 1.807) is 29.8 Å². The summed E-state index contributed by atoms with van der Waals surface area (Å²) in [6.45, 7) is 2.51. The Hall–Kier alpha value is -2.31. The third-order valence-corrected chi connectivity index (χ3v) is 2.69. The second-order valence-electron chi connectivity index (χ2n) is 4.23. The van der Waals surface area contributed by atoms with E-state index < -0.39 is 12.1 Å². The fraction of sp³-hybridized carbons (Fsp3) is 0.462. The van der Waals surface area contributed by atoms with Gasteiger partial charge in [-0.25, -0.2) is 4.79 Å². The van der Waals surface area contributed by atoms with Crippen LogP contribution in [0.5, 0.6) is 0 Å². The number of amides is 2. The van der Waals surface area contributed by atoms with Gasteiger partial charge in [0.15, 0.2) is 0 Å². The molecule has 1 rings (SSSR count). The Kier molecular flexibility index (Phi) is 6.28. The molecule has 0 saturated heterocycles. The van der Waals surface area contributed by atoms with E-state index in [9.17, 15) is 14.4 Å². The lowest BCUT2D eigenvalue weighted by molar-refractivity contribution is -0.122. The van der Waals surface area contributed by atoms with Crippen molar-refractivity contribution >= 4 is 12.0 Å². The highest BCUT2D eigenvalue weighted by Gasteiger charge is 2.14. The minimum absolute atomic E-state index is 0.0699. The van der Waals surface area contributed by atoms with Crippen LogP contribution in [-0.2, 0) is 16.1 Å². The molecule has 1 aromatic rings. The molecule has 1 heterocycles. The third-order valence-electron chi connectivity index (χ3n) is 2.69. The molecule has 0 spiro atoms. The molecule has 2 amide bonds. The Balaban J connectivity index is 2.27. The molecule has 7 heteroatoms. The van der Waals surface area contributed by atoms with Gasteiger partial charge in [-0.15, -0.1) is 0 Å². The molecular formula is C13H19N3O4. The van der Waals surface area contributed by atoms with Gasteiger partial charge in [0.25, 0.3) is 0 Å². The highest BCUT2D eigenvalue weighted by atomic mass is 16.5. The zero-order valence-corrected chi connectivity index (χ0v) is 11.6. The van der Waals surface area contributed by atoms with Crippen LogP contribution in [0.1, 0.15) is 13.3 Å². The fourth-order valence-corrected chi connectivity index (χ4v) is 1.56. The van der Waals surface area contributed by atoms with Crippen LogP contribution in [0.3, 0.4) is 0 Å². The van der Waals surface area contributed by atoms with Gasteiger partial charge < -0.3 is 19.9 Å². The smallest absolute Gasteiger partial charge is 0.407 e. The van der Waals surface area contributed by atoms with E-state index in [2.05, 4.69) is 15.4 Å². The van der Waals surface area contributed by atoms with Crippen molar-refractivity contribution in [3.63, 3.8) is 0 Å². The predicted octanol–water partition coefficient (Wildman–Crippen LogP) is 0.0991. The number of hydrogen-bond donors (Lipinski definition) is 2. The summed E-state index contributed by atoms with van der Waals surface area (Å²) in [5.74, 6) is -0.296. The summed E-state index contributed by atoms with van der Waals surface area (Å²) in [5, 5.41) is 5.05. The number of alkyl carbamates (subject to hydrolysis) is 1. The molecular weight excluding hydrogens is 262 g/mol. The van der Waals surface area contributed by atoms with E-state index in [1.807, 2.05) is 0 Å². The number of carbonyl (C=O) groups excluding carboxylic acids is 2. The lowest BCUT2D eigenvalue weighted by Gasteiger charge is -2.13. The second-order valence-corrected chi connectivity index (χ2v) is 4.23. The van der Waals surface area contributed by atoms with E-state index in [0.717, 1.165) is 0 Å². The van der Waals surface area contributed by atoms with E-state index in [0.29, 0.717) is 19.5 Å². The Labute approximate surface area is 116 Å². The largest absolute Gasteiger partial charge is 0.453 e. The first-order valence-electron chi connectivity index (χ1n) is 6.32. The van der Waals surface area contributed by atoms with Crippen LogP contribution in [-0.4, -0.2) is 36.3 Å². The second kappa shape index (κ2) is 7.98. The van der Waals surface area contributed by atoms with Gasteiger partial charge in [0.2, 0.25) is 11.5 Å². The Morgan fingerprint density at radius 1 is 1.40 bits per heavy atom. The van der Waals surface area contributed by atoms with Gasteiger partial charge in [-0.3, -0.25) is 9.59 Å². The van der Waals surface area contributed by atoms with Crippen molar-refractivity contribution in [2.75, 3.05) is 13.7 Å². The van der Waals surface area contributed by atoms with Gasteiger partial charge in [-0.1, -0.05) is 6.07 Å². The summed E-state index contributed by atoms with van der Waals surface area (Å²) in [6, 6.07) is 4.28. The molecule has 0 aromatic carbocycles. The van der Waals surface area contributed by atoms with Crippen LogP contribution in [0, 0.1) is 0 Å². The topological polar surface area (TPSA) is 89.4 Å². The average molecular weight is 281 g/mol. The van der Waals surface area contributed by atoms with Crippen LogP contribution in [0.2, 0.25) is 0 Å². The Morgan fingerprint density at radius 3 is 2.80 bits per heavy atom. The van der Waals surface area contributed by atoms with Gasteiger partial charge in [0.1, 0.15) is 6.04 Å². The lowest BCUT2D eigenvalue weighted by Crippen LogP contribution is -2.45. The normalized spacial score (nSPS) is 11.5. The van der Waals surface area contributed by atoms with Gasteiger partial charge in [0, 0.05) is 25.4 Å². The number of ether oxygens (including phenoxy) is 1. The average Bonchev–Trinajstić information content (AvgIpc) is 2.44. The van der Waals surface area contributed by atoms with Gasteiger partial charge in [-0.2, -0.15) is 0 Å². The number of aromatic nitrogens is 1. The molecule has 0 radical (unpaired) electrons. The number of aryl methyl sites for hydroxylation is 1. The van der Waals surface area contributed by atoms with Gasteiger partial charge in [-0.05, 0) is 19.4 Å². The number of nitrogens with one attached hydrogen (secondary N) is 2. The van der Waals surface area contributed by atoms with Crippen LogP contribution in [0.4, 0.5) is 4.79 Å². The maximum absolute atomic E-state index is 11.6. The highest BCUT2D eigenvalue weighted by Crippen LogP contribution is 1.88. The molecule has 0 aliphatic carbocycles. The lowest BCUT2D eigenvalue weighted by atomic mass is 10.3. The van der Waals surface area contributed by atoms with Crippen molar-refractivity contribution in [1.82, 2.24) is 15.2 Å². The zero-order chi connectivity index (χ0) is 15.0. The molecule has 0 saturated carbocycles. The van der Waals surface area contributed by atoms with Crippen LogP contribution < -0.4 is 16.2 Å². The number of nitrogens with zero attached hydrogens (tertiary/aromatic N) is 1. The first-order chi connectivity index (χ1) is 9.54. The first-order valence-corrected chi connectivity index (χ1v) is 6.32. The molecule has 110 valence electrons. The molecule has 0 fully saturated rings. The summed E-state index contributed by atoms with van der Waals surface area (Å²) in [5.41, 5.74) is -0.0699. The van der Waals surface area contributed by atoms with Crippen LogP contribution in [0.15, 0.2) is 29.2 Å². The monoisotopic (exact) mass is 281 g/mol. The fourth-order valence-electron chi connectivity index (χ4n) is 1.56. The number of hydrogen-bond acceptors (Lipinski definition) is 4. The molecule has 0 aliphatic heterocycles. The Morgan fingerprint density at radius 2 is 2.15 bits per heavy atom. The summed E-state index contributed by atoms with van der Waals surface area (Å²) < 4.78 is 5.97. The molecule has 1 atom stereocenters. The third kappa shape index (κ3) is 5.13. The molecule has 2 N–H and O–H groups in total. The maximum atomic E-state index is 11.6. The van der Waals surface area contributed by atoms with Crippen molar-refractivity contribution < 1.29 is 14.3 Å². The van der Waals surface area contributed by atoms with E-state index in [-0.39, 0.29) is 11.5 Å². The Bertz CT molecular complexity index is 512. The number of pyridine rings is 1.